The van der Waals surface area contributed by atoms with Crippen molar-refractivity contribution in [1.82, 2.24) is 29.5 Å². The molecule has 0 saturated heterocycles. The zero-order valence-corrected chi connectivity index (χ0v) is 14.5. The highest BCUT2D eigenvalue weighted by Gasteiger charge is 2.30. The Labute approximate surface area is 141 Å². The second-order valence-electron chi connectivity index (χ2n) is 6.97. The smallest absolute Gasteiger partial charge is 0.271 e. The molecule has 2 aromatic rings. The van der Waals surface area contributed by atoms with Gasteiger partial charge in [-0.25, -0.2) is 4.98 Å². The quantitative estimate of drug-likeness (QED) is 0.921. The molecular weight excluding hydrogens is 304 g/mol. The van der Waals surface area contributed by atoms with Crippen LogP contribution in [0.1, 0.15) is 53.5 Å². The first-order valence-corrected chi connectivity index (χ1v) is 8.63. The third-order valence-electron chi connectivity index (χ3n) is 4.97. The van der Waals surface area contributed by atoms with Crippen LogP contribution < -0.4 is 5.32 Å². The van der Waals surface area contributed by atoms with Crippen molar-refractivity contribution in [2.75, 3.05) is 6.54 Å². The van der Waals surface area contributed by atoms with Gasteiger partial charge in [-0.15, -0.1) is 0 Å². The maximum Gasteiger partial charge on any atom is 0.271 e. The van der Waals surface area contributed by atoms with Crippen molar-refractivity contribution < 1.29 is 4.79 Å². The molecule has 4 rings (SSSR count). The number of imidazole rings is 1. The Balaban J connectivity index is 1.51. The van der Waals surface area contributed by atoms with E-state index in [1.807, 2.05) is 24.9 Å². The Kier molecular flexibility index (Phi) is 3.68. The van der Waals surface area contributed by atoms with Crippen LogP contribution in [0.3, 0.4) is 0 Å². The second-order valence-corrected chi connectivity index (χ2v) is 6.97. The molecule has 3 heterocycles. The number of hydrogen-bond acceptors (Lipinski definition) is 4. The molecule has 0 spiro atoms. The summed E-state index contributed by atoms with van der Waals surface area (Å²) in [5, 5.41) is 7.44. The summed E-state index contributed by atoms with van der Waals surface area (Å²) in [6.07, 6.45) is 4.08. The standard InChI is InChI=1S/C17H24N6O/c1-11-8-14(21(3)20-11)9-22-6-7-23-10-15(19-16(23)12(22)2)17(24)18-13-4-5-13/h8,10,12-13H,4-7,9H2,1-3H3,(H,18,24)/t12-/m1/s1. The molecule has 0 bridgehead atoms. The predicted octanol–water partition coefficient (Wildman–Crippen LogP) is 1.39. The lowest BCUT2D eigenvalue weighted by Crippen LogP contribution is -2.36. The number of fused-ring (bicyclic) bond motifs is 1. The molecule has 1 N–H and O–H groups in total. The third-order valence-corrected chi connectivity index (χ3v) is 4.97. The molecule has 2 aliphatic rings. The molecule has 1 amide bonds. The number of amides is 1. The molecule has 0 radical (unpaired) electrons. The van der Waals surface area contributed by atoms with Gasteiger partial charge in [0.1, 0.15) is 11.5 Å². The van der Waals surface area contributed by atoms with Gasteiger partial charge < -0.3 is 9.88 Å². The first kappa shape index (κ1) is 15.4. The van der Waals surface area contributed by atoms with Crippen molar-refractivity contribution in [3.05, 3.63) is 35.2 Å². The molecule has 24 heavy (non-hydrogen) atoms. The Hall–Kier alpha value is -2.15. The van der Waals surface area contributed by atoms with E-state index in [0.717, 1.165) is 44.0 Å². The summed E-state index contributed by atoms with van der Waals surface area (Å²) in [7, 11) is 1.98. The van der Waals surface area contributed by atoms with Gasteiger partial charge in [-0.3, -0.25) is 14.4 Å². The van der Waals surface area contributed by atoms with Crippen molar-refractivity contribution >= 4 is 5.91 Å². The number of aryl methyl sites for hydroxylation is 2. The molecule has 0 unspecified atom stereocenters. The van der Waals surface area contributed by atoms with Crippen LogP contribution in [0, 0.1) is 6.92 Å². The minimum Gasteiger partial charge on any atom is -0.348 e. The maximum atomic E-state index is 12.2. The van der Waals surface area contributed by atoms with E-state index in [-0.39, 0.29) is 11.9 Å². The summed E-state index contributed by atoms with van der Waals surface area (Å²) in [6.45, 7) is 6.82. The first-order valence-electron chi connectivity index (χ1n) is 8.63. The van der Waals surface area contributed by atoms with Crippen molar-refractivity contribution in [3.63, 3.8) is 0 Å². The molecule has 1 saturated carbocycles. The van der Waals surface area contributed by atoms with Gasteiger partial charge in [0.2, 0.25) is 0 Å². The molecule has 1 atom stereocenters. The van der Waals surface area contributed by atoms with Gasteiger partial charge in [0.25, 0.3) is 5.91 Å². The van der Waals surface area contributed by atoms with E-state index in [0.29, 0.717) is 11.7 Å². The van der Waals surface area contributed by atoms with Crippen LogP contribution in [0.5, 0.6) is 0 Å². The molecule has 1 aliphatic carbocycles. The fraction of sp³-hybridized carbons (Fsp3) is 0.588. The Morgan fingerprint density at radius 2 is 2.17 bits per heavy atom. The molecule has 1 fully saturated rings. The van der Waals surface area contributed by atoms with Gasteiger partial charge >= 0.3 is 0 Å². The number of nitrogens with zero attached hydrogens (tertiary/aromatic N) is 5. The first-order chi connectivity index (χ1) is 11.5. The Bertz CT molecular complexity index is 772. The van der Waals surface area contributed by atoms with Crippen LogP contribution >= 0.6 is 0 Å². The number of aromatic nitrogens is 4. The average molecular weight is 328 g/mol. The fourth-order valence-corrected chi connectivity index (χ4v) is 3.37. The lowest BCUT2D eigenvalue weighted by Gasteiger charge is -2.33. The summed E-state index contributed by atoms with van der Waals surface area (Å²) < 4.78 is 4.06. The normalized spacial score (nSPS) is 20.9. The van der Waals surface area contributed by atoms with Gasteiger partial charge in [-0.2, -0.15) is 5.10 Å². The van der Waals surface area contributed by atoms with E-state index in [1.165, 1.54) is 5.69 Å². The molecule has 1 aliphatic heterocycles. The van der Waals surface area contributed by atoms with Gasteiger partial charge in [-0.1, -0.05) is 0 Å². The number of nitrogens with one attached hydrogen (secondary N) is 1. The Morgan fingerprint density at radius 3 is 2.83 bits per heavy atom. The van der Waals surface area contributed by atoms with Crippen LogP contribution in [0.15, 0.2) is 12.3 Å². The average Bonchev–Trinajstić information content (AvgIpc) is 3.13. The molecular formula is C17H24N6O. The maximum absolute atomic E-state index is 12.2. The van der Waals surface area contributed by atoms with E-state index in [9.17, 15) is 4.79 Å². The lowest BCUT2D eigenvalue weighted by atomic mass is 10.2. The van der Waals surface area contributed by atoms with E-state index in [1.54, 1.807) is 0 Å². The molecule has 2 aromatic heterocycles. The highest BCUT2D eigenvalue weighted by atomic mass is 16.2. The number of hydrogen-bond donors (Lipinski definition) is 1. The van der Waals surface area contributed by atoms with Gasteiger partial charge in [0.15, 0.2) is 0 Å². The monoisotopic (exact) mass is 328 g/mol. The van der Waals surface area contributed by atoms with Crippen LogP contribution in [0.4, 0.5) is 0 Å². The fourth-order valence-electron chi connectivity index (χ4n) is 3.37. The molecule has 0 aromatic carbocycles. The minimum absolute atomic E-state index is 0.0413. The SMILES string of the molecule is Cc1cc(CN2CCn3cc(C(=O)NC4CC4)nc3[C@H]2C)n(C)n1. The van der Waals surface area contributed by atoms with Crippen LogP contribution in [-0.2, 0) is 20.1 Å². The summed E-state index contributed by atoms with van der Waals surface area (Å²) >= 11 is 0. The van der Waals surface area contributed by atoms with E-state index < -0.39 is 0 Å². The van der Waals surface area contributed by atoms with Crippen LogP contribution in [0.2, 0.25) is 0 Å². The third kappa shape index (κ3) is 2.84. The van der Waals surface area contributed by atoms with Gasteiger partial charge in [-0.05, 0) is 32.8 Å². The molecule has 7 nitrogen and oxygen atoms in total. The van der Waals surface area contributed by atoms with Crippen molar-refractivity contribution in [3.8, 4) is 0 Å². The number of carbonyl (C=O) groups is 1. The lowest BCUT2D eigenvalue weighted by molar-refractivity contribution is 0.0946. The van der Waals surface area contributed by atoms with Crippen LogP contribution in [0.25, 0.3) is 0 Å². The van der Waals surface area contributed by atoms with E-state index >= 15 is 0 Å². The molecule has 7 heteroatoms. The summed E-state index contributed by atoms with van der Waals surface area (Å²) in [5.41, 5.74) is 2.78. The predicted molar refractivity (Wildman–Crippen MR) is 89.5 cm³/mol. The zero-order chi connectivity index (χ0) is 16.8. The highest BCUT2D eigenvalue weighted by molar-refractivity contribution is 5.92. The van der Waals surface area contributed by atoms with Crippen molar-refractivity contribution in [1.29, 1.82) is 0 Å². The number of carbonyl (C=O) groups excluding carboxylic acids is 1. The van der Waals surface area contributed by atoms with Crippen LogP contribution in [-0.4, -0.2) is 42.7 Å². The topological polar surface area (TPSA) is 68.0 Å². The van der Waals surface area contributed by atoms with Gasteiger partial charge in [0.05, 0.1) is 17.4 Å². The summed E-state index contributed by atoms with van der Waals surface area (Å²) in [5.74, 6) is 0.932. The van der Waals surface area contributed by atoms with E-state index in [2.05, 4.69) is 37.9 Å². The highest BCUT2D eigenvalue weighted by Crippen LogP contribution is 2.27. The number of rotatable bonds is 4. The zero-order valence-electron chi connectivity index (χ0n) is 14.5. The van der Waals surface area contributed by atoms with Crippen molar-refractivity contribution in [2.24, 2.45) is 7.05 Å². The second kappa shape index (κ2) is 5.73. The van der Waals surface area contributed by atoms with Gasteiger partial charge in [0, 0.05) is 38.9 Å². The largest absolute Gasteiger partial charge is 0.348 e. The molecule has 128 valence electrons. The van der Waals surface area contributed by atoms with E-state index in [4.69, 9.17) is 0 Å². The van der Waals surface area contributed by atoms with Crippen molar-refractivity contribution in [2.45, 2.75) is 51.9 Å². The summed E-state index contributed by atoms with van der Waals surface area (Å²) in [4.78, 5) is 19.2. The minimum atomic E-state index is -0.0413. The Morgan fingerprint density at radius 1 is 1.38 bits per heavy atom. The summed E-state index contributed by atoms with van der Waals surface area (Å²) in [6, 6.07) is 2.66.